The van der Waals surface area contributed by atoms with E-state index in [1.807, 2.05) is 18.2 Å². The zero-order chi connectivity index (χ0) is 9.10. The summed E-state index contributed by atoms with van der Waals surface area (Å²) in [5.74, 6) is 0.919. The first-order valence-corrected chi connectivity index (χ1v) is 4.43. The number of fused-ring (bicyclic) bond motifs is 1. The molecule has 0 spiro atoms. The lowest BCUT2D eigenvalue weighted by Crippen LogP contribution is -2.05. The minimum absolute atomic E-state index is 0.517. The Morgan fingerprint density at radius 1 is 1.31 bits per heavy atom. The molecule has 0 bridgehead atoms. The van der Waals surface area contributed by atoms with Crippen LogP contribution in [0.3, 0.4) is 0 Å². The number of nitrogens with two attached hydrogens (primary N) is 1. The van der Waals surface area contributed by atoms with Crippen molar-refractivity contribution >= 4 is 0 Å². The van der Waals surface area contributed by atoms with Gasteiger partial charge in [-0.2, -0.15) is 0 Å². The molecule has 1 aliphatic rings. The van der Waals surface area contributed by atoms with Gasteiger partial charge in [-0.15, -0.1) is 0 Å². The van der Waals surface area contributed by atoms with Crippen LogP contribution >= 0.6 is 0 Å². The Morgan fingerprint density at radius 2 is 2.23 bits per heavy atom. The Bertz CT molecular complexity index is 299. The quantitative estimate of drug-likeness (QED) is 0.701. The molecule has 1 aromatic carbocycles. The summed E-state index contributed by atoms with van der Waals surface area (Å²) in [5, 5.41) is 0. The normalized spacial score (nSPS) is 15.8. The Hall–Kier alpha value is -1.06. The van der Waals surface area contributed by atoms with E-state index in [0.29, 0.717) is 26.4 Å². The first kappa shape index (κ1) is 8.53. The average Bonchev–Trinajstić information content (AvgIpc) is 2.41. The molecule has 1 aromatic rings. The summed E-state index contributed by atoms with van der Waals surface area (Å²) in [7, 11) is 0. The van der Waals surface area contributed by atoms with Crippen molar-refractivity contribution in [2.24, 2.45) is 5.73 Å². The van der Waals surface area contributed by atoms with Gasteiger partial charge in [-0.3, -0.25) is 0 Å². The second-order valence-electron chi connectivity index (χ2n) is 3.01. The molecule has 1 heterocycles. The fraction of sp³-hybridized carbons (Fsp3) is 0.400. The predicted octanol–water partition coefficient (Wildman–Crippen LogP) is 1.05. The summed E-state index contributed by atoms with van der Waals surface area (Å²) < 4.78 is 10.9. The van der Waals surface area contributed by atoms with Crippen molar-refractivity contribution in [3.8, 4) is 5.75 Å². The summed E-state index contributed by atoms with van der Waals surface area (Å²) in [6.45, 7) is 2.41. The van der Waals surface area contributed by atoms with Crippen LogP contribution in [0.2, 0.25) is 0 Å². The van der Waals surface area contributed by atoms with E-state index in [1.165, 1.54) is 0 Å². The molecule has 0 aliphatic carbocycles. The zero-order valence-electron chi connectivity index (χ0n) is 7.45. The topological polar surface area (TPSA) is 44.5 Å². The second kappa shape index (κ2) is 3.77. The second-order valence-corrected chi connectivity index (χ2v) is 3.01. The van der Waals surface area contributed by atoms with E-state index in [-0.39, 0.29) is 0 Å². The smallest absolute Gasteiger partial charge is 0.129 e. The van der Waals surface area contributed by atoms with Crippen molar-refractivity contribution in [3.05, 3.63) is 29.3 Å². The lowest BCUT2D eigenvalue weighted by Gasteiger charge is -2.09. The highest BCUT2D eigenvalue weighted by Crippen LogP contribution is 2.26. The maximum absolute atomic E-state index is 5.60. The molecular weight excluding hydrogens is 166 g/mol. The van der Waals surface area contributed by atoms with Gasteiger partial charge in [0.15, 0.2) is 0 Å². The molecule has 2 N–H and O–H groups in total. The molecule has 0 aromatic heterocycles. The molecule has 0 saturated heterocycles. The van der Waals surface area contributed by atoms with Crippen molar-refractivity contribution in [1.29, 1.82) is 0 Å². The maximum atomic E-state index is 5.60. The van der Waals surface area contributed by atoms with Crippen LogP contribution in [0.25, 0.3) is 0 Å². The van der Waals surface area contributed by atoms with Crippen LogP contribution in [-0.4, -0.2) is 13.2 Å². The molecule has 0 fully saturated rings. The Kier molecular flexibility index (Phi) is 2.47. The fourth-order valence-electron chi connectivity index (χ4n) is 1.48. The van der Waals surface area contributed by atoms with E-state index < -0.39 is 0 Å². The van der Waals surface area contributed by atoms with Crippen LogP contribution in [0, 0.1) is 0 Å². The molecule has 1 aliphatic heterocycles. The van der Waals surface area contributed by atoms with Gasteiger partial charge in [0.25, 0.3) is 0 Å². The van der Waals surface area contributed by atoms with Gasteiger partial charge in [0.05, 0.1) is 13.2 Å². The molecule has 0 unspecified atom stereocenters. The van der Waals surface area contributed by atoms with Gasteiger partial charge in [0.1, 0.15) is 12.4 Å². The van der Waals surface area contributed by atoms with Crippen molar-refractivity contribution in [1.82, 2.24) is 0 Å². The summed E-state index contributed by atoms with van der Waals surface area (Å²) in [4.78, 5) is 0. The summed E-state index contributed by atoms with van der Waals surface area (Å²) >= 11 is 0. The fourth-order valence-corrected chi connectivity index (χ4v) is 1.48. The molecule has 0 saturated carbocycles. The molecule has 0 radical (unpaired) electrons. The average molecular weight is 179 g/mol. The molecular formula is C10H13NO2. The van der Waals surface area contributed by atoms with Gasteiger partial charge in [0.2, 0.25) is 0 Å². The minimum atomic E-state index is 0.517. The lowest BCUT2D eigenvalue weighted by molar-refractivity contribution is 0.106. The number of hydrogen-bond donors (Lipinski definition) is 1. The Labute approximate surface area is 77.5 Å². The molecule has 3 nitrogen and oxygen atoms in total. The monoisotopic (exact) mass is 179 g/mol. The van der Waals surface area contributed by atoms with Gasteiger partial charge in [0, 0.05) is 17.7 Å². The van der Waals surface area contributed by atoms with Crippen LogP contribution in [0.15, 0.2) is 18.2 Å². The van der Waals surface area contributed by atoms with Crippen LogP contribution in [0.4, 0.5) is 0 Å². The van der Waals surface area contributed by atoms with E-state index in [0.717, 1.165) is 16.9 Å². The van der Waals surface area contributed by atoms with E-state index in [2.05, 4.69) is 0 Å². The highest BCUT2D eigenvalue weighted by Gasteiger charge is 2.11. The summed E-state index contributed by atoms with van der Waals surface area (Å²) in [6.07, 6.45) is 0. The van der Waals surface area contributed by atoms with Crippen LogP contribution in [0.5, 0.6) is 5.75 Å². The minimum Gasteiger partial charge on any atom is -0.490 e. The number of hydrogen-bond acceptors (Lipinski definition) is 3. The molecule has 3 heteroatoms. The summed E-state index contributed by atoms with van der Waals surface area (Å²) in [5.41, 5.74) is 7.76. The van der Waals surface area contributed by atoms with Crippen LogP contribution in [-0.2, 0) is 17.9 Å². The number of para-hydroxylation sites is 1. The Balaban J connectivity index is 2.40. The van der Waals surface area contributed by atoms with E-state index in [4.69, 9.17) is 15.2 Å². The van der Waals surface area contributed by atoms with Crippen LogP contribution < -0.4 is 10.5 Å². The standard InChI is InChI=1S/C10H13NO2/c11-6-8-2-1-3-9-7-12-4-5-13-10(8)9/h1-3H,4-7,11H2. The van der Waals surface area contributed by atoms with E-state index >= 15 is 0 Å². The summed E-state index contributed by atoms with van der Waals surface area (Å²) in [6, 6.07) is 5.99. The third-order valence-electron chi connectivity index (χ3n) is 2.13. The number of rotatable bonds is 1. The largest absolute Gasteiger partial charge is 0.490 e. The van der Waals surface area contributed by atoms with Crippen molar-refractivity contribution < 1.29 is 9.47 Å². The molecule has 13 heavy (non-hydrogen) atoms. The first-order chi connectivity index (χ1) is 6.42. The van der Waals surface area contributed by atoms with Crippen LogP contribution in [0.1, 0.15) is 11.1 Å². The molecule has 70 valence electrons. The maximum Gasteiger partial charge on any atom is 0.129 e. The van der Waals surface area contributed by atoms with Gasteiger partial charge in [-0.1, -0.05) is 18.2 Å². The van der Waals surface area contributed by atoms with Gasteiger partial charge >= 0.3 is 0 Å². The Morgan fingerprint density at radius 3 is 3.08 bits per heavy atom. The number of benzene rings is 1. The third-order valence-corrected chi connectivity index (χ3v) is 2.13. The van der Waals surface area contributed by atoms with Gasteiger partial charge in [-0.05, 0) is 0 Å². The molecule has 0 amide bonds. The van der Waals surface area contributed by atoms with Crippen molar-refractivity contribution in [3.63, 3.8) is 0 Å². The SMILES string of the molecule is NCc1cccc2c1OCCOC2. The van der Waals surface area contributed by atoms with Gasteiger partial charge in [-0.25, -0.2) is 0 Å². The third kappa shape index (κ3) is 1.66. The first-order valence-electron chi connectivity index (χ1n) is 4.43. The van der Waals surface area contributed by atoms with E-state index in [1.54, 1.807) is 0 Å². The van der Waals surface area contributed by atoms with Gasteiger partial charge < -0.3 is 15.2 Å². The van der Waals surface area contributed by atoms with Crippen molar-refractivity contribution in [2.45, 2.75) is 13.2 Å². The lowest BCUT2D eigenvalue weighted by atomic mass is 10.1. The molecule has 2 rings (SSSR count). The highest BCUT2D eigenvalue weighted by molar-refractivity contribution is 5.41. The number of ether oxygens (including phenoxy) is 2. The predicted molar refractivity (Wildman–Crippen MR) is 49.5 cm³/mol. The zero-order valence-corrected chi connectivity index (χ0v) is 7.45. The van der Waals surface area contributed by atoms with E-state index in [9.17, 15) is 0 Å². The highest BCUT2D eigenvalue weighted by atomic mass is 16.5. The molecule has 0 atom stereocenters. The van der Waals surface area contributed by atoms with Crippen molar-refractivity contribution in [2.75, 3.05) is 13.2 Å².